The van der Waals surface area contributed by atoms with E-state index in [2.05, 4.69) is 10.4 Å². The number of sulfonamides is 1. The number of benzene rings is 1. The lowest BCUT2D eigenvalue weighted by atomic mass is 10.1. The zero-order valence-electron chi connectivity index (χ0n) is 12.0. The van der Waals surface area contributed by atoms with Crippen molar-refractivity contribution in [3.63, 3.8) is 0 Å². The van der Waals surface area contributed by atoms with Gasteiger partial charge in [-0.05, 0) is 10.8 Å². The molecular formula is C12H16F2N5O3S+. The van der Waals surface area contributed by atoms with E-state index in [0.29, 0.717) is 10.6 Å². The standard InChI is InChI=1S/C12H16F2N5O3S/c13-7-4-8-19(14)12(20)18(16-17-19)11(9-23(15,21)22)10-5-2-1-3-6-10/h1-3,5-6,11H,4,7-9H2,(H2,15,21,22)/q+1. The van der Waals surface area contributed by atoms with E-state index >= 15 is 0 Å². The van der Waals surface area contributed by atoms with E-state index in [0.717, 1.165) is 0 Å². The molecule has 0 saturated carbocycles. The van der Waals surface area contributed by atoms with Crippen molar-refractivity contribution >= 4 is 16.1 Å². The molecule has 1 aliphatic heterocycles. The van der Waals surface area contributed by atoms with Crippen molar-refractivity contribution in [1.29, 1.82) is 0 Å². The van der Waals surface area contributed by atoms with E-state index < -0.39 is 45.9 Å². The van der Waals surface area contributed by atoms with Gasteiger partial charge >= 0.3 is 6.03 Å². The average Bonchev–Trinajstić information content (AvgIpc) is 2.79. The molecule has 2 amide bonds. The largest absolute Gasteiger partial charge is 0.509 e. The Morgan fingerprint density at radius 2 is 1.96 bits per heavy atom. The highest BCUT2D eigenvalue weighted by Crippen LogP contribution is 2.32. The number of amides is 2. The van der Waals surface area contributed by atoms with Crippen LogP contribution in [0.3, 0.4) is 0 Å². The second-order valence-corrected chi connectivity index (χ2v) is 6.67. The van der Waals surface area contributed by atoms with Crippen molar-refractivity contribution in [2.24, 2.45) is 15.6 Å². The highest BCUT2D eigenvalue weighted by Gasteiger charge is 2.53. The van der Waals surface area contributed by atoms with E-state index in [1.165, 1.54) is 0 Å². The van der Waals surface area contributed by atoms with Gasteiger partial charge < -0.3 is 0 Å². The summed E-state index contributed by atoms with van der Waals surface area (Å²) < 4.78 is 49.5. The van der Waals surface area contributed by atoms with E-state index in [1.54, 1.807) is 30.3 Å². The lowest BCUT2D eigenvalue weighted by Gasteiger charge is -2.21. The highest BCUT2D eigenvalue weighted by atomic mass is 32.2. The number of halogens is 2. The van der Waals surface area contributed by atoms with Crippen molar-refractivity contribution in [2.45, 2.75) is 12.5 Å². The molecule has 0 radical (unpaired) electrons. The number of nitrogens with zero attached hydrogens (tertiary/aromatic N) is 4. The summed E-state index contributed by atoms with van der Waals surface area (Å²) in [6.45, 7) is -1.34. The number of hydrogen-bond acceptors (Lipinski definition) is 5. The fourth-order valence-electron chi connectivity index (χ4n) is 2.15. The molecule has 0 aliphatic carbocycles. The fraction of sp³-hybridized carbons (Fsp3) is 0.417. The van der Waals surface area contributed by atoms with Crippen LogP contribution in [0.15, 0.2) is 40.8 Å². The summed E-state index contributed by atoms with van der Waals surface area (Å²) in [6, 6.07) is 5.77. The first-order valence-electron chi connectivity index (χ1n) is 6.73. The van der Waals surface area contributed by atoms with Crippen molar-refractivity contribution < 1.29 is 26.9 Å². The van der Waals surface area contributed by atoms with Crippen LogP contribution in [0, 0.1) is 0 Å². The maximum absolute atomic E-state index is 14.4. The fourth-order valence-corrected chi connectivity index (χ4v) is 2.92. The van der Waals surface area contributed by atoms with Crippen LogP contribution in [0.5, 0.6) is 0 Å². The summed E-state index contributed by atoms with van der Waals surface area (Å²) in [7, 11) is -3.97. The number of nitrogens with two attached hydrogens (primary N) is 1. The minimum Gasteiger partial charge on any atom is -0.251 e. The van der Waals surface area contributed by atoms with Gasteiger partial charge in [-0.15, -0.1) is 5.01 Å². The Morgan fingerprint density at radius 3 is 2.52 bits per heavy atom. The van der Waals surface area contributed by atoms with E-state index in [-0.39, 0.29) is 6.42 Å². The first kappa shape index (κ1) is 17.4. The molecule has 8 nitrogen and oxygen atoms in total. The van der Waals surface area contributed by atoms with Crippen molar-refractivity contribution in [3.05, 3.63) is 35.9 Å². The monoisotopic (exact) mass is 348 g/mol. The van der Waals surface area contributed by atoms with Crippen LogP contribution >= 0.6 is 0 Å². The molecule has 0 bridgehead atoms. The van der Waals surface area contributed by atoms with Gasteiger partial charge in [0.25, 0.3) is 0 Å². The predicted octanol–water partition coefficient (Wildman–Crippen LogP) is 1.79. The minimum absolute atomic E-state index is 0.222. The zero-order valence-corrected chi connectivity index (χ0v) is 12.9. The minimum atomic E-state index is -3.97. The Balaban J connectivity index is 2.31. The van der Waals surface area contributed by atoms with Crippen LogP contribution < -0.4 is 5.14 Å². The molecule has 2 unspecified atom stereocenters. The van der Waals surface area contributed by atoms with Crippen LogP contribution in [0.2, 0.25) is 0 Å². The van der Waals surface area contributed by atoms with Gasteiger partial charge in [-0.3, -0.25) is 4.39 Å². The summed E-state index contributed by atoms with van der Waals surface area (Å²) in [5.41, 5.74) is 0.410. The molecule has 1 heterocycles. The smallest absolute Gasteiger partial charge is 0.251 e. The summed E-state index contributed by atoms with van der Waals surface area (Å²) in [5, 5.41) is 12.3. The van der Waals surface area contributed by atoms with Crippen LogP contribution in [-0.2, 0) is 10.0 Å². The first-order chi connectivity index (χ1) is 10.8. The molecule has 11 heteroatoms. The number of quaternary nitrogens is 1. The van der Waals surface area contributed by atoms with Gasteiger partial charge in [-0.25, -0.2) is 13.6 Å². The number of urea groups is 1. The second kappa shape index (κ2) is 6.64. The Kier molecular flexibility index (Phi) is 5.02. The summed E-state index contributed by atoms with van der Waals surface area (Å²) in [6.07, 6.45) is -0.222. The van der Waals surface area contributed by atoms with Crippen LogP contribution in [0.4, 0.5) is 13.7 Å². The van der Waals surface area contributed by atoms with Gasteiger partial charge in [0.1, 0.15) is 11.3 Å². The van der Waals surface area contributed by atoms with Crippen molar-refractivity contribution in [2.75, 3.05) is 19.0 Å². The molecule has 1 aromatic carbocycles. The predicted molar refractivity (Wildman–Crippen MR) is 76.1 cm³/mol. The van der Waals surface area contributed by atoms with E-state index in [4.69, 9.17) is 5.14 Å². The molecule has 0 saturated heterocycles. The molecule has 23 heavy (non-hydrogen) atoms. The van der Waals surface area contributed by atoms with Gasteiger partial charge in [0, 0.05) is 10.9 Å². The topological polar surface area (TPSA) is 105 Å². The molecule has 0 aromatic heterocycles. The molecule has 2 rings (SSSR count). The molecule has 0 fully saturated rings. The average molecular weight is 348 g/mol. The number of carbonyl (C=O) groups excluding carboxylic acids is 1. The lowest BCUT2D eigenvalue weighted by Crippen LogP contribution is -2.45. The highest BCUT2D eigenvalue weighted by molar-refractivity contribution is 7.89. The van der Waals surface area contributed by atoms with E-state index in [1.807, 2.05) is 0 Å². The molecule has 0 spiro atoms. The summed E-state index contributed by atoms with van der Waals surface area (Å²) in [5.74, 6) is -0.648. The number of hydrogen-bond donors (Lipinski definition) is 1. The Bertz CT molecular complexity index is 700. The number of carbonyl (C=O) groups is 1. The maximum atomic E-state index is 14.4. The quantitative estimate of drug-likeness (QED) is 0.759. The van der Waals surface area contributed by atoms with Gasteiger partial charge in [0.2, 0.25) is 10.0 Å². The molecule has 2 atom stereocenters. The Labute approximate surface area is 131 Å². The maximum Gasteiger partial charge on any atom is 0.509 e. The third kappa shape index (κ3) is 4.06. The Morgan fingerprint density at radius 1 is 1.30 bits per heavy atom. The van der Waals surface area contributed by atoms with Gasteiger partial charge in [0.15, 0.2) is 6.54 Å². The SMILES string of the molecule is NS(=O)(=O)CC(c1ccccc1)N1N=N[N+](F)(CCCF)C1=O. The van der Waals surface area contributed by atoms with Crippen molar-refractivity contribution in [3.8, 4) is 0 Å². The molecule has 1 aromatic rings. The number of primary sulfonamides is 1. The van der Waals surface area contributed by atoms with Crippen LogP contribution in [-0.4, -0.2) is 43.2 Å². The first-order valence-corrected chi connectivity index (χ1v) is 8.44. The molecule has 2 N–H and O–H groups in total. The van der Waals surface area contributed by atoms with Crippen LogP contribution in [0.25, 0.3) is 0 Å². The van der Waals surface area contributed by atoms with Gasteiger partial charge in [-0.1, -0.05) is 30.3 Å². The zero-order chi connectivity index (χ0) is 17.1. The molecule has 126 valence electrons. The van der Waals surface area contributed by atoms with Gasteiger partial charge in [-0.2, -0.15) is 4.79 Å². The number of rotatable bonds is 7. The third-order valence-corrected chi connectivity index (χ3v) is 4.01. The Hall–Kier alpha value is -1.98. The van der Waals surface area contributed by atoms with Crippen molar-refractivity contribution in [1.82, 2.24) is 5.01 Å². The summed E-state index contributed by atoms with van der Waals surface area (Å²) in [4.78, 5) is 10.3. The molecule has 1 aliphatic rings. The lowest BCUT2D eigenvalue weighted by molar-refractivity contribution is -0.994. The van der Waals surface area contributed by atoms with Gasteiger partial charge in [0.05, 0.1) is 17.2 Å². The number of alkyl halides is 1. The van der Waals surface area contributed by atoms with E-state index in [9.17, 15) is 22.1 Å². The summed E-state index contributed by atoms with van der Waals surface area (Å²) >= 11 is 0. The second-order valence-electron chi connectivity index (χ2n) is 5.01. The normalized spacial score (nSPS) is 22.6. The third-order valence-electron chi connectivity index (χ3n) is 3.23. The molecular weight excluding hydrogens is 332 g/mol. The van der Waals surface area contributed by atoms with Crippen LogP contribution in [0.1, 0.15) is 18.0 Å².